The molecule has 2 atom stereocenters. The van der Waals surface area contributed by atoms with E-state index in [4.69, 9.17) is 0 Å². The quantitative estimate of drug-likeness (QED) is 0.838. The average Bonchev–Trinajstić information content (AvgIpc) is 2.91. The van der Waals surface area contributed by atoms with Crippen LogP contribution in [0.1, 0.15) is 62.9 Å². The molecule has 2 rings (SSSR count). The van der Waals surface area contributed by atoms with Crippen LogP contribution in [-0.2, 0) is 0 Å². The highest BCUT2D eigenvalue weighted by Crippen LogP contribution is 2.38. The third-order valence-corrected chi connectivity index (χ3v) is 5.90. The van der Waals surface area contributed by atoms with E-state index in [2.05, 4.69) is 49.4 Å². The molecule has 0 bridgehead atoms. The maximum absolute atomic E-state index is 3.78. The lowest BCUT2D eigenvalue weighted by atomic mass is 9.82. The number of nitrogens with one attached hydrogen (secondary N) is 1. The molecule has 1 aromatic heterocycles. The minimum absolute atomic E-state index is 0.224. The highest BCUT2D eigenvalue weighted by molar-refractivity contribution is 7.10. The highest BCUT2D eigenvalue weighted by Gasteiger charge is 2.39. The lowest BCUT2D eigenvalue weighted by Gasteiger charge is -2.48. The number of piperidine rings is 1. The van der Waals surface area contributed by atoms with Gasteiger partial charge in [0.1, 0.15) is 0 Å². The van der Waals surface area contributed by atoms with Gasteiger partial charge in [-0.05, 0) is 69.8 Å². The molecule has 0 spiro atoms. The maximum Gasteiger partial charge on any atom is 0.0515 e. The summed E-state index contributed by atoms with van der Waals surface area (Å²) < 4.78 is 0. The number of hydrogen-bond donors (Lipinski definition) is 1. The van der Waals surface area contributed by atoms with E-state index in [1.54, 1.807) is 0 Å². The van der Waals surface area contributed by atoms with Crippen molar-refractivity contribution in [3.8, 4) is 0 Å². The molecule has 1 aliphatic rings. The summed E-state index contributed by atoms with van der Waals surface area (Å²) in [7, 11) is 0. The van der Waals surface area contributed by atoms with Gasteiger partial charge < -0.3 is 5.32 Å². The van der Waals surface area contributed by atoms with Gasteiger partial charge in [0, 0.05) is 10.4 Å². The van der Waals surface area contributed by atoms with E-state index in [0.29, 0.717) is 6.04 Å². The van der Waals surface area contributed by atoms with Crippen molar-refractivity contribution in [3.63, 3.8) is 0 Å². The molecule has 0 saturated carbocycles. The van der Waals surface area contributed by atoms with Crippen LogP contribution in [0.2, 0.25) is 0 Å². The van der Waals surface area contributed by atoms with Gasteiger partial charge in [-0.3, -0.25) is 4.90 Å². The van der Waals surface area contributed by atoms with Crippen molar-refractivity contribution in [2.75, 3.05) is 19.6 Å². The Morgan fingerprint density at radius 1 is 1.30 bits per heavy atom. The van der Waals surface area contributed by atoms with E-state index in [9.17, 15) is 0 Å². The highest BCUT2D eigenvalue weighted by atomic mass is 32.1. The molecule has 2 nitrogen and oxygen atoms in total. The molecule has 1 fully saturated rings. The van der Waals surface area contributed by atoms with Gasteiger partial charge >= 0.3 is 0 Å². The van der Waals surface area contributed by atoms with E-state index in [-0.39, 0.29) is 5.54 Å². The van der Waals surface area contributed by atoms with E-state index in [1.165, 1.54) is 49.2 Å². The van der Waals surface area contributed by atoms with Crippen LogP contribution in [-0.4, -0.2) is 30.1 Å². The molecule has 2 heterocycles. The number of thiophene rings is 1. The summed E-state index contributed by atoms with van der Waals surface area (Å²) in [6.45, 7) is 12.8. The van der Waals surface area contributed by atoms with Gasteiger partial charge in [0.2, 0.25) is 0 Å². The Bertz CT molecular complexity index is 409. The number of likely N-dealkylation sites (N-methyl/N-ethyl adjacent to an activating group) is 1. The van der Waals surface area contributed by atoms with Crippen LogP contribution in [0.3, 0.4) is 0 Å². The molecular formula is C17H30N2S. The predicted molar refractivity (Wildman–Crippen MR) is 89.6 cm³/mol. The van der Waals surface area contributed by atoms with E-state index < -0.39 is 0 Å². The van der Waals surface area contributed by atoms with Crippen LogP contribution in [0.4, 0.5) is 0 Å². The van der Waals surface area contributed by atoms with Gasteiger partial charge in [0.05, 0.1) is 6.04 Å². The summed E-state index contributed by atoms with van der Waals surface area (Å²) in [5.41, 5.74) is 1.73. The fourth-order valence-corrected chi connectivity index (χ4v) is 4.32. The third kappa shape index (κ3) is 3.10. The number of likely N-dealkylation sites (tertiary alicyclic amines) is 1. The largest absolute Gasteiger partial charge is 0.309 e. The first-order valence-corrected chi connectivity index (χ1v) is 9.03. The molecule has 0 radical (unpaired) electrons. The SMILES string of the molecule is CCNC(c1ccsc1C)C(C)(CC)N1CCCCC1. The number of hydrogen-bond acceptors (Lipinski definition) is 3. The molecule has 0 amide bonds. The Morgan fingerprint density at radius 3 is 2.50 bits per heavy atom. The summed E-state index contributed by atoms with van der Waals surface area (Å²) in [5, 5.41) is 6.02. The van der Waals surface area contributed by atoms with Gasteiger partial charge in [-0.1, -0.05) is 20.3 Å². The number of rotatable bonds is 6. The molecule has 20 heavy (non-hydrogen) atoms. The van der Waals surface area contributed by atoms with E-state index in [0.717, 1.165) is 6.54 Å². The van der Waals surface area contributed by atoms with Crippen molar-refractivity contribution in [1.82, 2.24) is 10.2 Å². The van der Waals surface area contributed by atoms with Crippen LogP contribution < -0.4 is 5.32 Å². The fraction of sp³-hybridized carbons (Fsp3) is 0.765. The van der Waals surface area contributed by atoms with Crippen LogP contribution in [0.15, 0.2) is 11.4 Å². The summed E-state index contributed by atoms with van der Waals surface area (Å²) in [5.74, 6) is 0. The Morgan fingerprint density at radius 2 is 2.00 bits per heavy atom. The van der Waals surface area contributed by atoms with Gasteiger partial charge in [-0.25, -0.2) is 0 Å². The van der Waals surface area contributed by atoms with Crippen LogP contribution in [0, 0.1) is 6.92 Å². The van der Waals surface area contributed by atoms with Crippen molar-refractivity contribution in [1.29, 1.82) is 0 Å². The Labute approximate surface area is 128 Å². The molecule has 1 aliphatic heterocycles. The zero-order valence-corrected chi connectivity index (χ0v) is 14.4. The first-order valence-electron chi connectivity index (χ1n) is 8.16. The molecule has 1 N–H and O–H groups in total. The van der Waals surface area contributed by atoms with E-state index >= 15 is 0 Å². The summed E-state index contributed by atoms with van der Waals surface area (Å²) in [6, 6.07) is 2.77. The number of aryl methyl sites for hydroxylation is 1. The zero-order valence-electron chi connectivity index (χ0n) is 13.5. The van der Waals surface area contributed by atoms with Crippen molar-refractivity contribution < 1.29 is 0 Å². The van der Waals surface area contributed by atoms with Crippen LogP contribution in [0.5, 0.6) is 0 Å². The molecular weight excluding hydrogens is 264 g/mol. The molecule has 2 unspecified atom stereocenters. The van der Waals surface area contributed by atoms with Crippen LogP contribution >= 0.6 is 11.3 Å². The molecule has 1 saturated heterocycles. The fourth-order valence-electron chi connectivity index (χ4n) is 3.58. The molecule has 3 heteroatoms. The minimum atomic E-state index is 0.224. The maximum atomic E-state index is 3.78. The second-order valence-corrected chi connectivity index (χ2v) is 7.30. The van der Waals surface area contributed by atoms with Crippen molar-refractivity contribution >= 4 is 11.3 Å². The van der Waals surface area contributed by atoms with Crippen molar-refractivity contribution in [3.05, 3.63) is 21.9 Å². The lowest BCUT2D eigenvalue weighted by Crippen LogP contribution is -2.56. The van der Waals surface area contributed by atoms with Crippen molar-refractivity contribution in [2.45, 2.75) is 65.0 Å². The normalized spacial score (nSPS) is 21.6. The van der Waals surface area contributed by atoms with Gasteiger partial charge in [-0.15, -0.1) is 11.3 Å². The predicted octanol–water partition coefficient (Wildman–Crippen LogP) is 4.36. The van der Waals surface area contributed by atoms with E-state index in [1.807, 2.05) is 11.3 Å². The van der Waals surface area contributed by atoms with Gasteiger partial charge in [0.15, 0.2) is 0 Å². The second kappa shape index (κ2) is 7.06. The summed E-state index contributed by atoms with van der Waals surface area (Å²) >= 11 is 1.87. The topological polar surface area (TPSA) is 15.3 Å². The average molecular weight is 295 g/mol. The molecule has 1 aromatic rings. The third-order valence-electron chi connectivity index (χ3n) is 5.03. The first-order chi connectivity index (χ1) is 9.63. The second-order valence-electron chi connectivity index (χ2n) is 6.18. The Kier molecular flexibility index (Phi) is 5.65. The summed E-state index contributed by atoms with van der Waals surface area (Å²) in [6.07, 6.45) is 5.31. The van der Waals surface area contributed by atoms with Gasteiger partial charge in [-0.2, -0.15) is 0 Å². The van der Waals surface area contributed by atoms with Crippen LogP contribution in [0.25, 0.3) is 0 Å². The Balaban J connectivity index is 2.30. The standard InChI is InChI=1S/C17H30N2S/c1-5-17(4,19-11-8-7-9-12-19)16(18-6-2)15-10-13-20-14(15)3/h10,13,16,18H,5-9,11-12H2,1-4H3. The smallest absolute Gasteiger partial charge is 0.0515 e. The van der Waals surface area contributed by atoms with Crippen molar-refractivity contribution in [2.24, 2.45) is 0 Å². The molecule has 0 aliphatic carbocycles. The monoisotopic (exact) mass is 294 g/mol. The minimum Gasteiger partial charge on any atom is -0.309 e. The first kappa shape index (κ1) is 16.0. The molecule has 114 valence electrons. The Hall–Kier alpha value is -0.380. The summed E-state index contributed by atoms with van der Waals surface area (Å²) in [4.78, 5) is 4.20. The van der Waals surface area contributed by atoms with Gasteiger partial charge in [0.25, 0.3) is 0 Å². The molecule has 0 aromatic carbocycles. The zero-order chi connectivity index (χ0) is 14.6. The lowest BCUT2D eigenvalue weighted by molar-refractivity contribution is 0.0429. The number of nitrogens with zero attached hydrogens (tertiary/aromatic N) is 1.